The molecule has 3 nitrogen and oxygen atoms in total. The van der Waals surface area contributed by atoms with E-state index in [1.807, 2.05) is 0 Å². The second-order valence-electron chi connectivity index (χ2n) is 5.95. The van der Waals surface area contributed by atoms with Gasteiger partial charge in [0.1, 0.15) is 0 Å². The second-order valence-corrected chi connectivity index (χ2v) is 5.95. The number of nitrogens with zero attached hydrogens (tertiary/aromatic N) is 1. The van der Waals surface area contributed by atoms with E-state index in [1.54, 1.807) is 0 Å². The summed E-state index contributed by atoms with van der Waals surface area (Å²) in [6.45, 7) is 5.12. The van der Waals surface area contributed by atoms with Crippen molar-refractivity contribution in [1.82, 2.24) is 10.2 Å². The fourth-order valence-electron chi connectivity index (χ4n) is 3.90. The van der Waals surface area contributed by atoms with Gasteiger partial charge in [0.25, 0.3) is 0 Å². The van der Waals surface area contributed by atoms with E-state index in [0.29, 0.717) is 18.1 Å². The number of hydrogen-bond donors (Lipinski definition) is 1. The van der Waals surface area contributed by atoms with Crippen LogP contribution in [0.15, 0.2) is 24.3 Å². The normalized spacial score (nSPS) is 31.0. The third kappa shape index (κ3) is 2.50. The molecule has 1 aliphatic carbocycles. The van der Waals surface area contributed by atoms with Crippen LogP contribution < -0.4 is 5.32 Å². The van der Waals surface area contributed by atoms with E-state index < -0.39 is 0 Å². The van der Waals surface area contributed by atoms with Gasteiger partial charge < -0.3 is 10.1 Å². The van der Waals surface area contributed by atoms with Gasteiger partial charge in [-0.3, -0.25) is 4.90 Å². The maximum Gasteiger partial charge on any atom is 0.0622 e. The number of fused-ring (bicyclic) bond motifs is 1. The highest BCUT2D eigenvalue weighted by Crippen LogP contribution is 2.34. The van der Waals surface area contributed by atoms with Crippen LogP contribution in [0.5, 0.6) is 0 Å². The zero-order chi connectivity index (χ0) is 13.9. The molecule has 0 aromatic heterocycles. The zero-order valence-corrected chi connectivity index (χ0v) is 12.6. The summed E-state index contributed by atoms with van der Waals surface area (Å²) in [5, 5.41) is 3.57. The monoisotopic (exact) mass is 274 g/mol. The lowest BCUT2D eigenvalue weighted by Gasteiger charge is -2.46. The lowest BCUT2D eigenvalue weighted by atomic mass is 9.82. The minimum Gasteiger partial charge on any atom is -0.378 e. The van der Waals surface area contributed by atoms with E-state index in [1.165, 1.54) is 30.4 Å². The molecule has 1 fully saturated rings. The maximum atomic E-state index is 5.67. The van der Waals surface area contributed by atoms with Gasteiger partial charge in [0.05, 0.1) is 13.2 Å². The quantitative estimate of drug-likeness (QED) is 0.916. The Kier molecular flexibility index (Phi) is 4.39. The minimum absolute atomic E-state index is 0.451. The smallest absolute Gasteiger partial charge is 0.0622 e. The molecule has 1 saturated heterocycles. The Bertz CT molecular complexity index is 448. The summed E-state index contributed by atoms with van der Waals surface area (Å²) in [7, 11) is 2.10. The van der Waals surface area contributed by atoms with E-state index in [-0.39, 0.29) is 0 Å². The van der Waals surface area contributed by atoms with Crippen LogP contribution in [-0.4, -0.2) is 43.8 Å². The van der Waals surface area contributed by atoms with Gasteiger partial charge in [0.2, 0.25) is 0 Å². The summed E-state index contributed by atoms with van der Waals surface area (Å²) in [5.74, 6) is 0. The van der Waals surface area contributed by atoms with E-state index in [0.717, 1.165) is 19.8 Å². The molecule has 1 heterocycles. The SMILES string of the molecule is CCC1COCCN1C1CCc2ccccc2C1NC. The first-order chi connectivity index (χ1) is 9.85. The van der Waals surface area contributed by atoms with Crippen molar-refractivity contribution in [3.05, 3.63) is 35.4 Å². The molecule has 1 N–H and O–H groups in total. The summed E-state index contributed by atoms with van der Waals surface area (Å²) in [5.41, 5.74) is 3.01. The van der Waals surface area contributed by atoms with Crippen LogP contribution in [0, 0.1) is 0 Å². The van der Waals surface area contributed by atoms with Gasteiger partial charge in [0, 0.05) is 24.7 Å². The summed E-state index contributed by atoms with van der Waals surface area (Å²) in [6, 6.07) is 10.5. The summed E-state index contributed by atoms with van der Waals surface area (Å²) < 4.78 is 5.67. The Morgan fingerprint density at radius 1 is 1.35 bits per heavy atom. The van der Waals surface area contributed by atoms with Gasteiger partial charge in [-0.1, -0.05) is 31.2 Å². The van der Waals surface area contributed by atoms with Gasteiger partial charge in [-0.15, -0.1) is 0 Å². The molecule has 0 amide bonds. The molecule has 3 rings (SSSR count). The van der Waals surface area contributed by atoms with Crippen molar-refractivity contribution in [3.8, 4) is 0 Å². The third-order valence-electron chi connectivity index (χ3n) is 4.97. The topological polar surface area (TPSA) is 24.5 Å². The van der Waals surface area contributed by atoms with Gasteiger partial charge in [-0.25, -0.2) is 0 Å². The van der Waals surface area contributed by atoms with Crippen LogP contribution in [0.2, 0.25) is 0 Å². The van der Waals surface area contributed by atoms with E-state index in [2.05, 4.69) is 48.5 Å². The highest BCUT2D eigenvalue weighted by Gasteiger charge is 2.36. The second kappa shape index (κ2) is 6.25. The average molecular weight is 274 g/mol. The van der Waals surface area contributed by atoms with Gasteiger partial charge in [0.15, 0.2) is 0 Å². The maximum absolute atomic E-state index is 5.67. The molecule has 20 heavy (non-hydrogen) atoms. The largest absolute Gasteiger partial charge is 0.378 e. The lowest BCUT2D eigenvalue weighted by Crippen LogP contribution is -2.55. The molecular formula is C17H26N2O. The van der Waals surface area contributed by atoms with Crippen molar-refractivity contribution < 1.29 is 4.74 Å². The molecule has 3 atom stereocenters. The predicted octanol–water partition coefficient (Wildman–Crippen LogP) is 2.37. The molecule has 2 aliphatic rings. The highest BCUT2D eigenvalue weighted by atomic mass is 16.5. The predicted molar refractivity (Wildman–Crippen MR) is 82.0 cm³/mol. The number of benzene rings is 1. The first kappa shape index (κ1) is 14.1. The number of rotatable bonds is 3. The van der Waals surface area contributed by atoms with Crippen LogP contribution in [0.1, 0.15) is 36.9 Å². The van der Waals surface area contributed by atoms with E-state index in [4.69, 9.17) is 4.74 Å². The number of ether oxygens (including phenoxy) is 1. The van der Waals surface area contributed by atoms with Crippen molar-refractivity contribution in [3.63, 3.8) is 0 Å². The van der Waals surface area contributed by atoms with Gasteiger partial charge >= 0.3 is 0 Å². The number of morpholine rings is 1. The van der Waals surface area contributed by atoms with Gasteiger partial charge in [-0.05, 0) is 37.4 Å². The first-order valence-corrected chi connectivity index (χ1v) is 7.93. The summed E-state index contributed by atoms with van der Waals surface area (Å²) >= 11 is 0. The molecule has 0 bridgehead atoms. The summed E-state index contributed by atoms with van der Waals surface area (Å²) in [6.07, 6.45) is 3.63. The molecule has 1 aromatic carbocycles. The molecular weight excluding hydrogens is 248 g/mol. The van der Waals surface area contributed by atoms with Crippen molar-refractivity contribution >= 4 is 0 Å². The molecule has 110 valence electrons. The van der Waals surface area contributed by atoms with Crippen LogP contribution in [0.4, 0.5) is 0 Å². The number of nitrogens with one attached hydrogen (secondary N) is 1. The van der Waals surface area contributed by atoms with Crippen molar-refractivity contribution in [2.45, 2.75) is 44.3 Å². The molecule has 1 aliphatic heterocycles. The molecule has 0 radical (unpaired) electrons. The van der Waals surface area contributed by atoms with Crippen LogP contribution in [-0.2, 0) is 11.2 Å². The molecule has 3 heteroatoms. The Morgan fingerprint density at radius 2 is 2.20 bits per heavy atom. The van der Waals surface area contributed by atoms with Crippen LogP contribution in [0.3, 0.4) is 0 Å². The first-order valence-electron chi connectivity index (χ1n) is 7.93. The summed E-state index contributed by atoms with van der Waals surface area (Å²) in [4.78, 5) is 2.70. The van der Waals surface area contributed by atoms with Crippen molar-refractivity contribution in [2.75, 3.05) is 26.8 Å². The lowest BCUT2D eigenvalue weighted by molar-refractivity contribution is -0.0406. The number of likely N-dealkylation sites (N-methyl/N-ethyl adjacent to an activating group) is 1. The molecule has 0 spiro atoms. The Balaban J connectivity index is 1.86. The Labute approximate surface area is 122 Å². The third-order valence-corrected chi connectivity index (χ3v) is 4.97. The fraction of sp³-hybridized carbons (Fsp3) is 0.647. The highest BCUT2D eigenvalue weighted by molar-refractivity contribution is 5.34. The van der Waals surface area contributed by atoms with E-state index >= 15 is 0 Å². The minimum atomic E-state index is 0.451. The zero-order valence-electron chi connectivity index (χ0n) is 12.6. The van der Waals surface area contributed by atoms with Gasteiger partial charge in [-0.2, -0.15) is 0 Å². The number of aryl methyl sites for hydroxylation is 1. The number of hydrogen-bond acceptors (Lipinski definition) is 3. The Hall–Kier alpha value is -0.900. The fourth-order valence-corrected chi connectivity index (χ4v) is 3.90. The van der Waals surface area contributed by atoms with Crippen LogP contribution in [0.25, 0.3) is 0 Å². The van der Waals surface area contributed by atoms with Crippen molar-refractivity contribution in [1.29, 1.82) is 0 Å². The van der Waals surface area contributed by atoms with Crippen molar-refractivity contribution in [2.24, 2.45) is 0 Å². The standard InChI is InChI=1S/C17H26N2O/c1-3-14-12-20-11-10-19(14)16-9-8-13-6-4-5-7-15(13)17(16)18-2/h4-7,14,16-18H,3,8-12H2,1-2H3. The van der Waals surface area contributed by atoms with E-state index in [9.17, 15) is 0 Å². The molecule has 0 saturated carbocycles. The van der Waals surface area contributed by atoms with Crippen LogP contribution >= 0.6 is 0 Å². The molecule has 3 unspecified atom stereocenters. The molecule has 1 aromatic rings. The Morgan fingerprint density at radius 3 is 3.00 bits per heavy atom. The average Bonchev–Trinajstić information content (AvgIpc) is 2.53.